The number of aliphatic hydroxyl groups is 1. The van der Waals surface area contributed by atoms with Gasteiger partial charge in [-0.05, 0) is 49.2 Å². The Morgan fingerprint density at radius 2 is 2.39 bits per heavy atom. The number of hydrogen-bond donors (Lipinski definition) is 2. The summed E-state index contributed by atoms with van der Waals surface area (Å²) >= 11 is 0. The van der Waals surface area contributed by atoms with Gasteiger partial charge in [-0.1, -0.05) is 13.3 Å². The quantitative estimate of drug-likeness (QED) is 0.788. The van der Waals surface area contributed by atoms with Gasteiger partial charge in [0, 0.05) is 18.5 Å². The van der Waals surface area contributed by atoms with Crippen LogP contribution >= 0.6 is 0 Å². The number of aliphatic hydroxyl groups excluding tert-OH is 1. The molecule has 1 radical (unpaired) electrons. The van der Waals surface area contributed by atoms with Crippen LogP contribution in [-0.4, -0.2) is 17.8 Å². The first-order valence-electron chi connectivity index (χ1n) is 6.99. The number of ether oxygens (including phenoxy) is 1. The summed E-state index contributed by atoms with van der Waals surface area (Å²) in [6.45, 7) is 2.47. The second-order valence-corrected chi connectivity index (χ2v) is 5.31. The zero-order valence-corrected chi connectivity index (χ0v) is 11.2. The normalized spacial score (nSPS) is 27.6. The molecular weight excluding hydrogens is 226 g/mol. The Bertz CT molecular complexity index is 346. The maximum atomic E-state index is 9.33. The second-order valence-electron chi connectivity index (χ2n) is 5.31. The van der Waals surface area contributed by atoms with E-state index in [2.05, 4.69) is 25.6 Å². The van der Waals surface area contributed by atoms with Crippen LogP contribution in [0.15, 0.2) is 23.0 Å². The molecule has 1 aliphatic heterocycles. The van der Waals surface area contributed by atoms with Gasteiger partial charge in [-0.15, -0.1) is 0 Å². The topological polar surface area (TPSA) is 41.5 Å². The molecule has 18 heavy (non-hydrogen) atoms. The van der Waals surface area contributed by atoms with Crippen LogP contribution in [0.5, 0.6) is 0 Å². The van der Waals surface area contributed by atoms with Crippen LogP contribution < -0.4 is 5.32 Å². The molecule has 1 heterocycles. The molecule has 0 aromatic heterocycles. The van der Waals surface area contributed by atoms with Crippen molar-refractivity contribution in [2.24, 2.45) is 5.92 Å². The summed E-state index contributed by atoms with van der Waals surface area (Å²) in [5.74, 6) is 0.383. The van der Waals surface area contributed by atoms with Crippen LogP contribution in [-0.2, 0) is 4.74 Å². The first kappa shape index (κ1) is 13.6. The van der Waals surface area contributed by atoms with Crippen LogP contribution in [0.3, 0.4) is 0 Å². The monoisotopic (exact) mass is 250 g/mol. The number of hydrogen-bond acceptors (Lipinski definition) is 3. The standard InChI is InChI=1S/C15H24NO2/c1-3-4-5-12-9-16-14-7-6-11(10-17)8-13(14)15(12)18-2/h9,11,15-17H,2-8,10H2,1H3. The molecule has 3 nitrogen and oxygen atoms in total. The highest BCUT2D eigenvalue weighted by Crippen LogP contribution is 2.36. The molecule has 2 atom stereocenters. The van der Waals surface area contributed by atoms with Gasteiger partial charge >= 0.3 is 0 Å². The molecular formula is C15H24NO2. The Kier molecular flexibility index (Phi) is 4.84. The van der Waals surface area contributed by atoms with Crippen LogP contribution in [0.25, 0.3) is 0 Å². The van der Waals surface area contributed by atoms with Crippen molar-refractivity contribution in [2.75, 3.05) is 6.61 Å². The van der Waals surface area contributed by atoms with E-state index in [0.717, 1.165) is 25.7 Å². The van der Waals surface area contributed by atoms with Crippen molar-refractivity contribution < 1.29 is 9.84 Å². The summed E-state index contributed by atoms with van der Waals surface area (Å²) in [4.78, 5) is 0. The molecule has 2 N–H and O–H groups in total. The zero-order valence-electron chi connectivity index (χ0n) is 11.2. The van der Waals surface area contributed by atoms with E-state index in [-0.39, 0.29) is 12.7 Å². The van der Waals surface area contributed by atoms with Gasteiger partial charge in [-0.25, -0.2) is 0 Å². The number of nitrogens with one attached hydrogen (secondary N) is 1. The molecule has 2 rings (SSSR count). The molecule has 0 bridgehead atoms. The first-order chi connectivity index (χ1) is 8.80. The zero-order chi connectivity index (χ0) is 13.0. The molecule has 2 aliphatic rings. The van der Waals surface area contributed by atoms with Gasteiger partial charge in [-0.3, -0.25) is 0 Å². The molecule has 0 saturated carbocycles. The lowest BCUT2D eigenvalue weighted by atomic mass is 9.81. The van der Waals surface area contributed by atoms with E-state index in [1.807, 2.05) is 0 Å². The number of rotatable bonds is 5. The Morgan fingerprint density at radius 1 is 1.56 bits per heavy atom. The molecule has 0 amide bonds. The average molecular weight is 250 g/mol. The van der Waals surface area contributed by atoms with E-state index in [4.69, 9.17) is 4.74 Å². The summed E-state index contributed by atoms with van der Waals surface area (Å²) in [6, 6.07) is 0. The van der Waals surface area contributed by atoms with E-state index in [0.29, 0.717) is 5.92 Å². The molecule has 0 fully saturated rings. The summed E-state index contributed by atoms with van der Waals surface area (Å²) < 4.78 is 5.47. The van der Waals surface area contributed by atoms with Gasteiger partial charge in [-0.2, -0.15) is 0 Å². The molecule has 3 heteroatoms. The smallest absolute Gasteiger partial charge is 0.103 e. The van der Waals surface area contributed by atoms with Crippen molar-refractivity contribution in [2.45, 2.75) is 51.6 Å². The third-order valence-corrected chi connectivity index (χ3v) is 4.03. The fourth-order valence-electron chi connectivity index (χ4n) is 2.90. The third-order valence-electron chi connectivity index (χ3n) is 4.03. The fourth-order valence-corrected chi connectivity index (χ4v) is 2.90. The summed E-state index contributed by atoms with van der Waals surface area (Å²) in [7, 11) is 3.64. The Balaban J connectivity index is 2.11. The molecule has 0 aromatic rings. The van der Waals surface area contributed by atoms with Crippen LogP contribution in [0.2, 0.25) is 0 Å². The van der Waals surface area contributed by atoms with E-state index in [1.54, 1.807) is 0 Å². The number of dihydropyridines is 1. The Labute approximate surface area is 110 Å². The molecule has 2 unspecified atom stereocenters. The van der Waals surface area contributed by atoms with E-state index >= 15 is 0 Å². The van der Waals surface area contributed by atoms with Crippen molar-refractivity contribution >= 4 is 0 Å². The average Bonchev–Trinajstić information content (AvgIpc) is 2.43. The van der Waals surface area contributed by atoms with Gasteiger partial charge in [0.05, 0.1) is 7.11 Å². The van der Waals surface area contributed by atoms with E-state index in [1.165, 1.54) is 29.7 Å². The van der Waals surface area contributed by atoms with Crippen molar-refractivity contribution in [3.63, 3.8) is 0 Å². The molecule has 0 spiro atoms. The minimum Gasteiger partial charge on any atom is -0.396 e. The van der Waals surface area contributed by atoms with Gasteiger partial charge in [0.2, 0.25) is 0 Å². The molecule has 101 valence electrons. The van der Waals surface area contributed by atoms with Gasteiger partial charge in [0.25, 0.3) is 0 Å². The van der Waals surface area contributed by atoms with Crippen molar-refractivity contribution in [3.8, 4) is 0 Å². The van der Waals surface area contributed by atoms with Crippen molar-refractivity contribution in [1.82, 2.24) is 5.32 Å². The lowest BCUT2D eigenvalue weighted by Crippen LogP contribution is -2.32. The summed E-state index contributed by atoms with van der Waals surface area (Å²) in [5.41, 5.74) is 3.89. The highest BCUT2D eigenvalue weighted by atomic mass is 16.5. The third kappa shape index (κ3) is 2.78. The number of allylic oxidation sites excluding steroid dienone is 1. The minimum atomic E-state index is 0.0298. The highest BCUT2D eigenvalue weighted by Gasteiger charge is 2.30. The SMILES string of the molecule is [CH2]OC1C(CCCC)=CNC2=C1CC(CO)CC2. The first-order valence-corrected chi connectivity index (χ1v) is 6.99. The van der Waals surface area contributed by atoms with E-state index < -0.39 is 0 Å². The lowest BCUT2D eigenvalue weighted by molar-refractivity contribution is 0.163. The van der Waals surface area contributed by atoms with Gasteiger partial charge in [0.1, 0.15) is 6.10 Å². The van der Waals surface area contributed by atoms with Gasteiger partial charge in [0.15, 0.2) is 0 Å². The predicted molar refractivity (Wildman–Crippen MR) is 72.4 cm³/mol. The minimum absolute atomic E-state index is 0.0298. The summed E-state index contributed by atoms with van der Waals surface area (Å²) in [5, 5.41) is 12.8. The lowest BCUT2D eigenvalue weighted by Gasteiger charge is -2.35. The second kappa shape index (κ2) is 6.39. The Morgan fingerprint density at radius 3 is 3.06 bits per heavy atom. The predicted octanol–water partition coefficient (Wildman–Crippen LogP) is 2.89. The van der Waals surface area contributed by atoms with Gasteiger partial charge < -0.3 is 15.2 Å². The van der Waals surface area contributed by atoms with Crippen molar-refractivity contribution in [3.05, 3.63) is 30.2 Å². The molecule has 0 aromatic carbocycles. The highest BCUT2D eigenvalue weighted by molar-refractivity contribution is 5.35. The van der Waals surface area contributed by atoms with Crippen LogP contribution in [0, 0.1) is 13.0 Å². The molecule has 0 saturated heterocycles. The maximum Gasteiger partial charge on any atom is 0.103 e. The van der Waals surface area contributed by atoms with Crippen LogP contribution in [0.1, 0.15) is 45.4 Å². The largest absolute Gasteiger partial charge is 0.396 e. The Hall–Kier alpha value is -0.800. The maximum absolute atomic E-state index is 9.33. The van der Waals surface area contributed by atoms with E-state index in [9.17, 15) is 5.11 Å². The fraction of sp³-hybridized carbons (Fsp3) is 0.667. The van der Waals surface area contributed by atoms with Crippen LogP contribution in [0.4, 0.5) is 0 Å². The summed E-state index contributed by atoms with van der Waals surface area (Å²) in [6.07, 6.45) is 8.56. The molecule has 1 aliphatic carbocycles. The number of unbranched alkanes of at least 4 members (excludes halogenated alkanes) is 1. The van der Waals surface area contributed by atoms with Crippen molar-refractivity contribution in [1.29, 1.82) is 0 Å².